The van der Waals surface area contributed by atoms with Crippen molar-refractivity contribution in [2.45, 2.75) is 32.1 Å². The lowest BCUT2D eigenvalue weighted by molar-refractivity contribution is -0.137. The molecule has 7 heteroatoms. The number of amides is 2. The Morgan fingerprint density at radius 3 is 1.77 bits per heavy atom. The van der Waals surface area contributed by atoms with E-state index in [1.165, 1.54) is 0 Å². The van der Waals surface area contributed by atoms with Crippen molar-refractivity contribution < 1.29 is 14.7 Å². The Hall–Kier alpha value is -4.91. The summed E-state index contributed by atoms with van der Waals surface area (Å²) in [4.78, 5) is 27.9. The summed E-state index contributed by atoms with van der Waals surface area (Å²) in [6, 6.07) is 31.1. The molecule has 0 aliphatic rings. The summed E-state index contributed by atoms with van der Waals surface area (Å²) in [5, 5.41) is 20.1. The van der Waals surface area contributed by atoms with Crippen molar-refractivity contribution in [3.05, 3.63) is 103 Å². The molecule has 0 saturated carbocycles. The molecule has 1 heterocycles. The number of unbranched alkanes of at least 4 members (excludes halogenated alkanes) is 2. The van der Waals surface area contributed by atoms with E-state index in [0.717, 1.165) is 58.0 Å². The Balaban J connectivity index is 1.18. The first-order valence-electron chi connectivity index (χ1n) is 13.1. The average Bonchev–Trinajstić information content (AvgIpc) is 2.94. The van der Waals surface area contributed by atoms with Gasteiger partial charge in [-0.15, -0.1) is 0 Å². The number of aryl methyl sites for hydroxylation is 1. The quantitative estimate of drug-likeness (QED) is 0.111. The summed E-state index contributed by atoms with van der Waals surface area (Å²) in [5.74, 6) is -0.747. The number of anilines is 4. The number of hydrogen-bond donors (Lipinski definition) is 4. The minimum Gasteiger partial charge on any atom is -0.481 e. The minimum absolute atomic E-state index is 0.219. The maximum absolute atomic E-state index is 12.5. The SMILES string of the molecule is O=C(O)CCCCCc1ccc(NC(=O)Nc2ccc(Nc3c4ccccc4nc4ccccc34)cc2)cc1. The standard InChI is InChI=1S/C32H30N4O3/c37-30(38)13-3-1-2-8-22-14-16-24(17-15-22)34-32(39)35-25-20-18-23(19-21-25)33-31-26-9-4-6-11-28(26)36-29-12-7-5-10-27(29)31/h4-7,9-12,14-21H,1-3,8,13H2,(H,33,36)(H,37,38)(H2,34,35,39). The molecule has 0 aliphatic heterocycles. The number of carboxylic acids is 1. The van der Waals surface area contributed by atoms with Crippen LogP contribution in [-0.4, -0.2) is 22.1 Å². The molecule has 0 bridgehead atoms. The summed E-state index contributed by atoms with van der Waals surface area (Å²) in [6.07, 6.45) is 3.63. The topological polar surface area (TPSA) is 103 Å². The van der Waals surface area contributed by atoms with Crippen LogP contribution >= 0.6 is 0 Å². The molecule has 4 aromatic carbocycles. The summed E-state index contributed by atoms with van der Waals surface area (Å²) in [5.41, 5.74) is 6.31. The van der Waals surface area contributed by atoms with Gasteiger partial charge >= 0.3 is 12.0 Å². The number of urea groups is 1. The van der Waals surface area contributed by atoms with Gasteiger partial charge in [-0.1, -0.05) is 55.0 Å². The van der Waals surface area contributed by atoms with Crippen LogP contribution < -0.4 is 16.0 Å². The van der Waals surface area contributed by atoms with Crippen molar-refractivity contribution in [2.24, 2.45) is 0 Å². The summed E-state index contributed by atoms with van der Waals surface area (Å²) >= 11 is 0. The number of benzene rings is 4. The fraction of sp³-hybridized carbons (Fsp3) is 0.156. The predicted octanol–water partition coefficient (Wildman–Crippen LogP) is 7.96. The van der Waals surface area contributed by atoms with Crippen molar-refractivity contribution >= 4 is 56.6 Å². The Morgan fingerprint density at radius 1 is 0.641 bits per heavy atom. The predicted molar refractivity (Wildman–Crippen MR) is 158 cm³/mol. The molecule has 4 N–H and O–H groups in total. The zero-order valence-electron chi connectivity index (χ0n) is 21.5. The third kappa shape index (κ3) is 6.70. The molecule has 0 aliphatic carbocycles. The number of pyridine rings is 1. The number of carbonyl (C=O) groups is 2. The highest BCUT2D eigenvalue weighted by Crippen LogP contribution is 2.33. The van der Waals surface area contributed by atoms with Gasteiger partial charge in [0.15, 0.2) is 0 Å². The van der Waals surface area contributed by atoms with Crippen LogP contribution in [0.2, 0.25) is 0 Å². The molecular weight excluding hydrogens is 488 g/mol. The van der Waals surface area contributed by atoms with Crippen molar-refractivity contribution in [1.29, 1.82) is 0 Å². The van der Waals surface area contributed by atoms with Gasteiger partial charge in [0.25, 0.3) is 0 Å². The van der Waals surface area contributed by atoms with Gasteiger partial charge in [0.05, 0.1) is 16.7 Å². The van der Waals surface area contributed by atoms with E-state index in [0.29, 0.717) is 17.8 Å². The van der Waals surface area contributed by atoms with Gasteiger partial charge in [0.2, 0.25) is 0 Å². The van der Waals surface area contributed by atoms with E-state index in [4.69, 9.17) is 10.1 Å². The van der Waals surface area contributed by atoms with Crippen LogP contribution in [-0.2, 0) is 11.2 Å². The number of para-hydroxylation sites is 2. The van der Waals surface area contributed by atoms with Gasteiger partial charge in [0.1, 0.15) is 0 Å². The molecule has 0 radical (unpaired) electrons. The number of carboxylic acid groups (broad SMARTS) is 1. The van der Waals surface area contributed by atoms with Gasteiger partial charge in [-0.25, -0.2) is 9.78 Å². The molecule has 0 spiro atoms. The van der Waals surface area contributed by atoms with Crippen LogP contribution in [0.4, 0.5) is 27.5 Å². The second kappa shape index (κ2) is 12.1. The zero-order chi connectivity index (χ0) is 27.0. The number of hydrogen-bond acceptors (Lipinski definition) is 4. The first-order chi connectivity index (χ1) is 19.0. The van der Waals surface area contributed by atoms with Crippen LogP contribution in [0.3, 0.4) is 0 Å². The Morgan fingerprint density at radius 2 is 1.18 bits per heavy atom. The molecule has 2 amide bonds. The minimum atomic E-state index is -0.747. The lowest BCUT2D eigenvalue weighted by Gasteiger charge is -2.14. The normalized spacial score (nSPS) is 10.9. The largest absolute Gasteiger partial charge is 0.481 e. The number of aromatic nitrogens is 1. The number of aliphatic carboxylic acids is 1. The van der Waals surface area contributed by atoms with Crippen molar-refractivity contribution in [3.8, 4) is 0 Å². The first kappa shape index (κ1) is 25.7. The summed E-state index contributed by atoms with van der Waals surface area (Å²) < 4.78 is 0. The van der Waals surface area contributed by atoms with Crippen molar-refractivity contribution in [3.63, 3.8) is 0 Å². The van der Waals surface area contributed by atoms with Crippen LogP contribution in [0.5, 0.6) is 0 Å². The molecular formula is C32H30N4O3. The highest BCUT2D eigenvalue weighted by molar-refractivity contribution is 6.08. The number of carbonyl (C=O) groups excluding carboxylic acids is 1. The van der Waals surface area contributed by atoms with E-state index in [-0.39, 0.29) is 12.5 Å². The van der Waals surface area contributed by atoms with Crippen LogP contribution in [0.15, 0.2) is 97.1 Å². The van der Waals surface area contributed by atoms with Gasteiger partial charge in [0, 0.05) is 34.3 Å². The molecule has 1 aromatic heterocycles. The highest BCUT2D eigenvalue weighted by Gasteiger charge is 2.09. The Bertz CT molecular complexity index is 1540. The molecule has 5 rings (SSSR count). The number of nitrogens with one attached hydrogen (secondary N) is 3. The molecule has 39 heavy (non-hydrogen) atoms. The molecule has 5 aromatic rings. The van der Waals surface area contributed by atoms with Gasteiger partial charge in [-0.05, 0) is 73.4 Å². The van der Waals surface area contributed by atoms with Crippen molar-refractivity contribution in [1.82, 2.24) is 4.98 Å². The number of nitrogens with zero attached hydrogens (tertiary/aromatic N) is 1. The third-order valence-corrected chi connectivity index (χ3v) is 6.57. The number of rotatable bonds is 10. The molecule has 0 unspecified atom stereocenters. The fourth-order valence-corrected chi connectivity index (χ4v) is 4.59. The summed E-state index contributed by atoms with van der Waals surface area (Å²) in [6.45, 7) is 0. The average molecular weight is 519 g/mol. The van der Waals surface area contributed by atoms with E-state index in [2.05, 4.69) is 28.1 Å². The molecule has 7 nitrogen and oxygen atoms in total. The Labute approximate surface area is 226 Å². The Kier molecular flexibility index (Phi) is 7.98. The smallest absolute Gasteiger partial charge is 0.323 e. The zero-order valence-corrected chi connectivity index (χ0v) is 21.5. The van der Waals surface area contributed by atoms with E-state index in [9.17, 15) is 9.59 Å². The van der Waals surface area contributed by atoms with Gasteiger partial charge in [-0.2, -0.15) is 0 Å². The molecule has 196 valence electrons. The lowest BCUT2D eigenvalue weighted by Crippen LogP contribution is -2.19. The second-order valence-corrected chi connectivity index (χ2v) is 9.45. The number of fused-ring (bicyclic) bond motifs is 2. The highest BCUT2D eigenvalue weighted by atomic mass is 16.4. The van der Waals surface area contributed by atoms with Crippen molar-refractivity contribution in [2.75, 3.05) is 16.0 Å². The maximum Gasteiger partial charge on any atom is 0.323 e. The second-order valence-electron chi connectivity index (χ2n) is 9.45. The van der Waals surface area contributed by atoms with Crippen LogP contribution in [0, 0.1) is 0 Å². The van der Waals surface area contributed by atoms with E-state index in [1.807, 2.05) is 84.9 Å². The first-order valence-corrected chi connectivity index (χ1v) is 13.1. The monoisotopic (exact) mass is 518 g/mol. The van der Waals surface area contributed by atoms with Gasteiger partial charge in [-0.3, -0.25) is 4.79 Å². The third-order valence-electron chi connectivity index (χ3n) is 6.57. The van der Waals surface area contributed by atoms with E-state index >= 15 is 0 Å². The molecule has 0 fully saturated rings. The van der Waals surface area contributed by atoms with E-state index in [1.54, 1.807) is 0 Å². The van der Waals surface area contributed by atoms with E-state index < -0.39 is 5.97 Å². The fourth-order valence-electron chi connectivity index (χ4n) is 4.59. The molecule has 0 atom stereocenters. The van der Waals surface area contributed by atoms with Gasteiger partial charge < -0.3 is 21.1 Å². The maximum atomic E-state index is 12.5. The van der Waals surface area contributed by atoms with Crippen LogP contribution in [0.25, 0.3) is 21.8 Å². The molecule has 0 saturated heterocycles. The lowest BCUT2D eigenvalue weighted by atomic mass is 10.1. The van der Waals surface area contributed by atoms with Crippen LogP contribution in [0.1, 0.15) is 31.2 Å². The summed E-state index contributed by atoms with van der Waals surface area (Å²) in [7, 11) is 0.